The Morgan fingerprint density at radius 3 is 2.38 bits per heavy atom. The molecule has 1 aliphatic heterocycles. The Balaban J connectivity index is 1.63. The molecule has 1 aromatic carbocycles. The lowest BCUT2D eigenvalue weighted by Gasteiger charge is -2.36. The normalized spacial score (nSPS) is 20.2. The largest absolute Gasteiger partial charge is 0.490 e. The highest BCUT2D eigenvalue weighted by Crippen LogP contribution is 2.29. The van der Waals surface area contributed by atoms with Crippen LogP contribution in [0.4, 0.5) is 5.69 Å². The van der Waals surface area contributed by atoms with Gasteiger partial charge in [0.1, 0.15) is 5.75 Å². The first kappa shape index (κ1) is 33.5. The second-order valence-electron chi connectivity index (χ2n) is 11.6. The van der Waals surface area contributed by atoms with Gasteiger partial charge in [0, 0.05) is 74.3 Å². The predicted molar refractivity (Wildman–Crippen MR) is 170 cm³/mol. The van der Waals surface area contributed by atoms with Crippen LogP contribution in [0.3, 0.4) is 0 Å². The number of amides is 3. The van der Waals surface area contributed by atoms with Crippen LogP contribution in [0.25, 0.3) is 0 Å². The zero-order valence-electron chi connectivity index (χ0n) is 26.4. The summed E-state index contributed by atoms with van der Waals surface area (Å²) in [5, 5.41) is 13.0. The molecule has 0 aliphatic carbocycles. The summed E-state index contributed by atoms with van der Waals surface area (Å²) in [7, 11) is 1.74. The number of fused-ring (bicyclic) bond motifs is 1. The molecule has 240 valence electrons. The van der Waals surface area contributed by atoms with Crippen LogP contribution in [0.2, 0.25) is 0 Å². The number of anilines is 1. The molecule has 0 spiro atoms. The van der Waals surface area contributed by atoms with E-state index < -0.39 is 6.04 Å². The third-order valence-electron chi connectivity index (χ3n) is 7.98. The van der Waals surface area contributed by atoms with E-state index in [-0.39, 0.29) is 54.6 Å². The van der Waals surface area contributed by atoms with E-state index in [0.717, 1.165) is 19.3 Å². The summed E-state index contributed by atoms with van der Waals surface area (Å²) in [6.45, 7) is 6.54. The Bertz CT molecular complexity index is 1420. The van der Waals surface area contributed by atoms with Crippen molar-refractivity contribution in [1.82, 2.24) is 19.8 Å². The van der Waals surface area contributed by atoms with Gasteiger partial charge in [0.25, 0.3) is 17.7 Å². The molecule has 0 fully saturated rings. The fourth-order valence-corrected chi connectivity index (χ4v) is 5.24. The van der Waals surface area contributed by atoms with Crippen LogP contribution in [0.5, 0.6) is 5.75 Å². The van der Waals surface area contributed by atoms with Gasteiger partial charge in [0.2, 0.25) is 0 Å². The topological polar surface area (TPSA) is 134 Å². The lowest BCUT2D eigenvalue weighted by molar-refractivity contribution is -0.0149. The van der Waals surface area contributed by atoms with Crippen LogP contribution in [0, 0.1) is 5.92 Å². The Kier molecular flexibility index (Phi) is 12.0. The highest BCUT2D eigenvalue weighted by molar-refractivity contribution is 6.05. The molecule has 4 atom stereocenters. The summed E-state index contributed by atoms with van der Waals surface area (Å²) in [6, 6.07) is 11.1. The van der Waals surface area contributed by atoms with Crippen LogP contribution in [-0.4, -0.2) is 94.2 Å². The summed E-state index contributed by atoms with van der Waals surface area (Å²) in [6.07, 6.45) is 8.09. The molecule has 0 saturated heterocycles. The van der Waals surface area contributed by atoms with Gasteiger partial charge < -0.3 is 29.7 Å². The Hall–Kier alpha value is -4.35. The van der Waals surface area contributed by atoms with Crippen molar-refractivity contribution in [2.24, 2.45) is 5.92 Å². The van der Waals surface area contributed by atoms with Gasteiger partial charge in [-0.25, -0.2) is 0 Å². The molecule has 3 aromatic rings. The monoisotopic (exact) mass is 617 g/mol. The van der Waals surface area contributed by atoms with Crippen molar-refractivity contribution in [3.8, 4) is 5.75 Å². The molecular formula is C34H43N5O6. The van der Waals surface area contributed by atoms with E-state index in [0.29, 0.717) is 35.7 Å². The molecule has 45 heavy (non-hydrogen) atoms. The number of aliphatic hydroxyl groups is 1. The number of rotatable bonds is 7. The summed E-state index contributed by atoms with van der Waals surface area (Å²) >= 11 is 0. The first-order valence-corrected chi connectivity index (χ1v) is 15.4. The van der Waals surface area contributed by atoms with Crippen LogP contribution >= 0.6 is 0 Å². The minimum Gasteiger partial charge on any atom is -0.490 e. The fraction of sp³-hybridized carbons (Fsp3) is 0.441. The Morgan fingerprint density at radius 1 is 1.04 bits per heavy atom. The molecule has 2 N–H and O–H groups in total. The van der Waals surface area contributed by atoms with Crippen LogP contribution in [-0.2, 0) is 4.74 Å². The number of nitrogens with one attached hydrogen (secondary N) is 1. The minimum atomic E-state index is -0.523. The fourth-order valence-electron chi connectivity index (χ4n) is 5.24. The molecule has 1 aliphatic rings. The first-order valence-electron chi connectivity index (χ1n) is 15.4. The van der Waals surface area contributed by atoms with E-state index in [1.54, 1.807) is 78.6 Å². The Morgan fingerprint density at radius 2 is 1.71 bits per heavy atom. The third-order valence-corrected chi connectivity index (χ3v) is 7.98. The molecule has 11 nitrogen and oxygen atoms in total. The van der Waals surface area contributed by atoms with Gasteiger partial charge in [-0.3, -0.25) is 24.4 Å². The zero-order valence-corrected chi connectivity index (χ0v) is 26.4. The smallest absolute Gasteiger partial charge is 0.258 e. The van der Waals surface area contributed by atoms with Gasteiger partial charge in [0.05, 0.1) is 30.4 Å². The number of hydrogen-bond donors (Lipinski definition) is 2. The van der Waals surface area contributed by atoms with Crippen molar-refractivity contribution in [3.63, 3.8) is 0 Å². The lowest BCUT2D eigenvalue weighted by atomic mass is 10.0. The van der Waals surface area contributed by atoms with E-state index in [4.69, 9.17) is 9.47 Å². The second kappa shape index (κ2) is 16.1. The van der Waals surface area contributed by atoms with Gasteiger partial charge in [-0.2, -0.15) is 0 Å². The van der Waals surface area contributed by atoms with Crippen molar-refractivity contribution in [1.29, 1.82) is 0 Å². The highest BCUT2D eigenvalue weighted by Gasteiger charge is 2.31. The second-order valence-corrected chi connectivity index (χ2v) is 11.6. The van der Waals surface area contributed by atoms with Gasteiger partial charge >= 0.3 is 0 Å². The van der Waals surface area contributed by atoms with Gasteiger partial charge in [-0.15, -0.1) is 0 Å². The van der Waals surface area contributed by atoms with Crippen molar-refractivity contribution in [3.05, 3.63) is 83.9 Å². The van der Waals surface area contributed by atoms with Crippen molar-refractivity contribution in [2.75, 3.05) is 38.7 Å². The minimum absolute atomic E-state index is 0.148. The molecule has 0 bridgehead atoms. The number of carbonyl (C=O) groups is 3. The van der Waals surface area contributed by atoms with Gasteiger partial charge in [-0.05, 0) is 75.6 Å². The lowest BCUT2D eigenvalue weighted by Crippen LogP contribution is -2.48. The molecule has 3 amide bonds. The number of ether oxygens (including phenoxy) is 2. The molecule has 3 heterocycles. The maximum atomic E-state index is 14.3. The summed E-state index contributed by atoms with van der Waals surface area (Å²) in [5.74, 6) is -0.617. The number of benzene rings is 1. The average molecular weight is 618 g/mol. The van der Waals surface area contributed by atoms with Crippen molar-refractivity contribution >= 4 is 23.4 Å². The van der Waals surface area contributed by atoms with Crippen LogP contribution in [0.1, 0.15) is 71.1 Å². The standard InChI is InChI=1S/C34H43N5O6/c1-23-20-39(24(2)22-40)34(43)29-19-28(37-32(41)26-10-14-35-15-11-26)8-9-30(29)45-25(3)7-5-6-18-44-31(23)21-38(4)33(42)27-12-16-36-17-13-27/h8-17,19,23-25,31,40H,5-7,18,20-22H2,1-4H3,(H,37,41)/t23-,24+,25+,31+/m1/s1. The number of aliphatic hydroxyl groups excluding tert-OH is 1. The van der Waals surface area contributed by atoms with Crippen LogP contribution in [0.15, 0.2) is 67.3 Å². The van der Waals surface area contributed by atoms with E-state index in [1.807, 2.05) is 13.8 Å². The number of likely N-dealkylation sites (N-methyl/N-ethyl adjacent to an activating group) is 1. The van der Waals surface area contributed by atoms with Gasteiger partial charge in [-0.1, -0.05) is 6.92 Å². The Labute approximate surface area is 264 Å². The molecule has 0 unspecified atom stereocenters. The van der Waals surface area contributed by atoms with E-state index in [1.165, 1.54) is 12.4 Å². The summed E-state index contributed by atoms with van der Waals surface area (Å²) in [4.78, 5) is 51.5. The van der Waals surface area contributed by atoms with Crippen molar-refractivity contribution in [2.45, 2.75) is 58.3 Å². The molecule has 0 saturated carbocycles. The van der Waals surface area contributed by atoms with Gasteiger partial charge in [0.15, 0.2) is 0 Å². The quantitative estimate of drug-likeness (QED) is 0.401. The number of hydrogen-bond acceptors (Lipinski definition) is 8. The van der Waals surface area contributed by atoms with Crippen LogP contribution < -0.4 is 10.1 Å². The highest BCUT2D eigenvalue weighted by atomic mass is 16.5. The first-order chi connectivity index (χ1) is 21.7. The third kappa shape index (κ3) is 9.09. The number of aromatic nitrogens is 2. The molecule has 0 radical (unpaired) electrons. The SMILES string of the molecule is C[C@@H]1CN([C@@H](C)CO)C(=O)c2cc(NC(=O)c3ccncc3)ccc2O[C@@H](C)CCCCO[C@H]1CN(C)C(=O)c1ccncc1. The molecule has 11 heteroatoms. The molecule has 2 aromatic heterocycles. The van der Waals surface area contributed by atoms with E-state index >= 15 is 0 Å². The van der Waals surface area contributed by atoms with Crippen molar-refractivity contribution < 1.29 is 29.0 Å². The number of pyridine rings is 2. The molecular weight excluding hydrogens is 574 g/mol. The summed E-state index contributed by atoms with van der Waals surface area (Å²) < 4.78 is 12.6. The van der Waals surface area contributed by atoms with E-state index in [9.17, 15) is 19.5 Å². The predicted octanol–water partition coefficient (Wildman–Crippen LogP) is 4.30. The maximum absolute atomic E-state index is 14.3. The average Bonchev–Trinajstić information content (AvgIpc) is 3.06. The number of carbonyl (C=O) groups excluding carboxylic acids is 3. The molecule has 4 rings (SSSR count). The van der Waals surface area contributed by atoms with E-state index in [2.05, 4.69) is 15.3 Å². The maximum Gasteiger partial charge on any atom is 0.258 e. The number of nitrogens with zero attached hydrogens (tertiary/aromatic N) is 4. The zero-order chi connectivity index (χ0) is 32.3. The summed E-state index contributed by atoms with van der Waals surface area (Å²) in [5.41, 5.74) is 1.68.